The van der Waals surface area contributed by atoms with E-state index in [1.165, 1.54) is 9.13 Å². The molecule has 34 heavy (non-hydrogen) atoms. The normalized spacial score (nSPS) is 20.6. The summed E-state index contributed by atoms with van der Waals surface area (Å²) in [6.07, 6.45) is 6.06. The molecule has 1 fully saturated rings. The van der Waals surface area contributed by atoms with Crippen molar-refractivity contribution in [1.29, 1.82) is 0 Å². The fourth-order valence-electron chi connectivity index (χ4n) is 5.25. The summed E-state index contributed by atoms with van der Waals surface area (Å²) in [5.74, 6) is 0.377. The highest BCUT2D eigenvalue weighted by Gasteiger charge is 2.37. The molecule has 1 aromatic carbocycles. The van der Waals surface area contributed by atoms with Gasteiger partial charge in [-0.1, -0.05) is 27.2 Å². The Morgan fingerprint density at radius 1 is 1.21 bits per heavy atom. The number of nitrogens with two attached hydrogens (primary N) is 1. The first-order chi connectivity index (χ1) is 16.3. The second-order valence-corrected chi connectivity index (χ2v) is 9.73. The first-order valence-electron chi connectivity index (χ1n) is 12.0. The van der Waals surface area contributed by atoms with Crippen molar-refractivity contribution in [1.82, 2.24) is 14.1 Å². The van der Waals surface area contributed by atoms with Crippen molar-refractivity contribution >= 4 is 28.5 Å². The van der Waals surface area contributed by atoms with E-state index in [0.717, 1.165) is 19.3 Å². The van der Waals surface area contributed by atoms with Gasteiger partial charge in [0.1, 0.15) is 0 Å². The Morgan fingerprint density at radius 3 is 2.68 bits per heavy atom. The van der Waals surface area contributed by atoms with Gasteiger partial charge in [-0.15, -0.1) is 0 Å². The van der Waals surface area contributed by atoms with E-state index in [2.05, 4.69) is 31.1 Å². The van der Waals surface area contributed by atoms with Crippen LogP contribution in [0.4, 0.5) is 5.69 Å². The maximum Gasteiger partial charge on any atom is 0.336 e. The van der Waals surface area contributed by atoms with E-state index in [1.54, 1.807) is 42.7 Å². The number of amides is 1. The van der Waals surface area contributed by atoms with Gasteiger partial charge < -0.3 is 11.1 Å². The van der Waals surface area contributed by atoms with Crippen LogP contribution in [0, 0.1) is 23.7 Å². The van der Waals surface area contributed by atoms with Gasteiger partial charge in [-0.05, 0) is 60.9 Å². The van der Waals surface area contributed by atoms with E-state index in [9.17, 15) is 14.4 Å². The van der Waals surface area contributed by atoms with Gasteiger partial charge in [0.15, 0.2) is 0 Å². The molecule has 0 radical (unpaired) electrons. The summed E-state index contributed by atoms with van der Waals surface area (Å²) in [5.41, 5.74) is 7.41. The Kier molecular flexibility index (Phi) is 6.97. The minimum Gasteiger partial charge on any atom is -0.329 e. The standard InChI is InChI=1S/C26H33N5O3/c1-16(2)20-8-6-17(3)13-21(20)25(33)31-22-9-7-18(14-23(22)30(12-10-27)26(31)34)24(32)29-19-5-4-11-28-15-19/h4-5,7,9,11,14-17,20-21H,6,8,10,12-13,27H2,1-3H3,(H,29,32)/t17-,20+,21-/m1/s1. The fourth-order valence-corrected chi connectivity index (χ4v) is 5.25. The third kappa shape index (κ3) is 4.55. The summed E-state index contributed by atoms with van der Waals surface area (Å²) < 4.78 is 2.82. The second kappa shape index (κ2) is 9.93. The number of aromatic nitrogens is 3. The smallest absolute Gasteiger partial charge is 0.329 e. The zero-order chi connectivity index (χ0) is 24.4. The van der Waals surface area contributed by atoms with Gasteiger partial charge in [0, 0.05) is 30.8 Å². The average Bonchev–Trinajstić information content (AvgIpc) is 3.10. The maximum atomic E-state index is 13.8. The van der Waals surface area contributed by atoms with Gasteiger partial charge in [0.2, 0.25) is 5.91 Å². The lowest BCUT2D eigenvalue weighted by Crippen LogP contribution is -2.40. The maximum absolute atomic E-state index is 13.8. The molecule has 3 N–H and O–H groups in total. The Hall–Kier alpha value is -3.26. The Balaban J connectivity index is 1.76. The van der Waals surface area contributed by atoms with Crippen LogP contribution in [0.25, 0.3) is 11.0 Å². The van der Waals surface area contributed by atoms with Crippen LogP contribution in [0.3, 0.4) is 0 Å². The largest absolute Gasteiger partial charge is 0.336 e. The van der Waals surface area contributed by atoms with Crippen LogP contribution in [0.5, 0.6) is 0 Å². The van der Waals surface area contributed by atoms with Gasteiger partial charge in [-0.3, -0.25) is 19.1 Å². The lowest BCUT2D eigenvalue weighted by molar-refractivity contribution is 0.0633. The van der Waals surface area contributed by atoms with Crippen molar-refractivity contribution in [2.75, 3.05) is 11.9 Å². The van der Waals surface area contributed by atoms with E-state index in [4.69, 9.17) is 5.73 Å². The van der Waals surface area contributed by atoms with Crippen LogP contribution in [0.2, 0.25) is 0 Å². The van der Waals surface area contributed by atoms with Crippen molar-refractivity contribution in [3.05, 3.63) is 58.8 Å². The molecule has 0 unspecified atom stereocenters. The fraction of sp³-hybridized carbons (Fsp3) is 0.462. The van der Waals surface area contributed by atoms with Crippen LogP contribution in [-0.2, 0) is 6.54 Å². The third-order valence-electron chi connectivity index (χ3n) is 7.02. The molecule has 3 aromatic rings. The van der Waals surface area contributed by atoms with Crippen molar-refractivity contribution in [3.63, 3.8) is 0 Å². The number of hydrogen-bond acceptors (Lipinski definition) is 5. The van der Waals surface area contributed by atoms with Gasteiger partial charge in [-0.2, -0.15) is 0 Å². The Labute approximate surface area is 199 Å². The number of imidazole rings is 1. The van der Waals surface area contributed by atoms with Crippen molar-refractivity contribution in [2.45, 2.75) is 46.6 Å². The van der Waals surface area contributed by atoms with E-state index < -0.39 is 5.69 Å². The highest BCUT2D eigenvalue weighted by Crippen LogP contribution is 2.39. The summed E-state index contributed by atoms with van der Waals surface area (Å²) >= 11 is 0. The lowest BCUT2D eigenvalue weighted by Gasteiger charge is -2.36. The third-order valence-corrected chi connectivity index (χ3v) is 7.02. The number of pyridine rings is 1. The lowest BCUT2D eigenvalue weighted by atomic mass is 9.69. The number of carbonyl (C=O) groups excluding carboxylic acids is 2. The molecule has 0 saturated heterocycles. The zero-order valence-electron chi connectivity index (χ0n) is 20.0. The Bertz CT molecular complexity index is 1240. The molecule has 0 bridgehead atoms. The van der Waals surface area contributed by atoms with Crippen molar-refractivity contribution in [3.8, 4) is 0 Å². The molecule has 2 heterocycles. The highest BCUT2D eigenvalue weighted by molar-refractivity contribution is 6.06. The van der Waals surface area contributed by atoms with Gasteiger partial charge >= 0.3 is 5.69 Å². The molecule has 1 amide bonds. The molecular weight excluding hydrogens is 430 g/mol. The zero-order valence-corrected chi connectivity index (χ0v) is 20.0. The van der Waals surface area contributed by atoms with Gasteiger partial charge in [-0.25, -0.2) is 9.36 Å². The Morgan fingerprint density at radius 2 is 2.00 bits per heavy atom. The van der Waals surface area contributed by atoms with Crippen LogP contribution in [-0.4, -0.2) is 32.5 Å². The molecular formula is C26H33N5O3. The van der Waals surface area contributed by atoms with E-state index in [0.29, 0.717) is 34.1 Å². The predicted octanol–water partition coefficient (Wildman–Crippen LogP) is 3.76. The molecule has 1 aliphatic rings. The number of nitrogens with zero attached hydrogens (tertiary/aromatic N) is 3. The second-order valence-electron chi connectivity index (χ2n) is 9.73. The van der Waals surface area contributed by atoms with Crippen LogP contribution < -0.4 is 16.7 Å². The monoisotopic (exact) mass is 463 g/mol. The molecule has 180 valence electrons. The summed E-state index contributed by atoms with van der Waals surface area (Å²) in [7, 11) is 0. The molecule has 2 aromatic heterocycles. The number of fused-ring (bicyclic) bond motifs is 1. The summed E-state index contributed by atoms with van der Waals surface area (Å²) in [4.78, 5) is 44.1. The van der Waals surface area contributed by atoms with Crippen molar-refractivity contribution in [2.24, 2.45) is 29.4 Å². The minimum absolute atomic E-state index is 0.149. The summed E-state index contributed by atoms with van der Waals surface area (Å²) in [6.45, 7) is 6.97. The minimum atomic E-state index is -0.393. The van der Waals surface area contributed by atoms with Crippen LogP contribution in [0.15, 0.2) is 47.5 Å². The number of anilines is 1. The van der Waals surface area contributed by atoms with E-state index >= 15 is 0 Å². The van der Waals surface area contributed by atoms with E-state index in [1.807, 2.05) is 0 Å². The number of benzene rings is 1. The predicted molar refractivity (Wildman–Crippen MR) is 133 cm³/mol. The number of hydrogen-bond donors (Lipinski definition) is 2. The van der Waals surface area contributed by atoms with Crippen LogP contribution >= 0.6 is 0 Å². The first kappa shape index (κ1) is 23.9. The van der Waals surface area contributed by atoms with Gasteiger partial charge in [0.05, 0.1) is 22.9 Å². The molecule has 0 aliphatic heterocycles. The first-order valence-corrected chi connectivity index (χ1v) is 12.0. The molecule has 1 saturated carbocycles. The molecule has 4 rings (SSSR count). The molecule has 8 nitrogen and oxygen atoms in total. The number of rotatable bonds is 6. The highest BCUT2D eigenvalue weighted by atomic mass is 16.2. The number of nitrogens with one attached hydrogen (secondary N) is 1. The molecule has 1 aliphatic carbocycles. The number of carbonyl (C=O) groups is 2. The molecule has 3 atom stereocenters. The van der Waals surface area contributed by atoms with Crippen LogP contribution in [0.1, 0.15) is 55.2 Å². The van der Waals surface area contributed by atoms with E-state index in [-0.39, 0.29) is 36.7 Å². The van der Waals surface area contributed by atoms with Crippen molar-refractivity contribution < 1.29 is 9.59 Å². The average molecular weight is 464 g/mol. The van der Waals surface area contributed by atoms with Gasteiger partial charge in [0.25, 0.3) is 5.91 Å². The summed E-state index contributed by atoms with van der Waals surface area (Å²) in [6, 6.07) is 8.48. The quantitative estimate of drug-likeness (QED) is 0.578. The summed E-state index contributed by atoms with van der Waals surface area (Å²) in [5, 5.41) is 2.81. The molecule has 0 spiro atoms. The topological polar surface area (TPSA) is 112 Å². The molecule has 8 heteroatoms. The SMILES string of the molecule is CC(C)[C@@H]1CC[C@@H](C)C[C@H]1C(=O)n1c(=O)n(CCN)c2cc(C(=O)Nc3cccnc3)ccc21.